The van der Waals surface area contributed by atoms with E-state index in [1.54, 1.807) is 24.0 Å². The predicted molar refractivity (Wildman–Crippen MR) is 133 cm³/mol. The van der Waals surface area contributed by atoms with Crippen LogP contribution in [0.5, 0.6) is 0 Å². The van der Waals surface area contributed by atoms with E-state index in [0.29, 0.717) is 11.5 Å². The van der Waals surface area contributed by atoms with Gasteiger partial charge in [-0.05, 0) is 70.7 Å². The van der Waals surface area contributed by atoms with Crippen LogP contribution in [0.4, 0.5) is 0 Å². The van der Waals surface area contributed by atoms with Gasteiger partial charge in [0.1, 0.15) is 0 Å². The molecular formula is C28H28N4O2. The van der Waals surface area contributed by atoms with E-state index in [1.165, 1.54) is 11.1 Å². The molecule has 3 heterocycles. The van der Waals surface area contributed by atoms with Crippen molar-refractivity contribution in [1.29, 1.82) is 0 Å². The van der Waals surface area contributed by atoms with Gasteiger partial charge in [-0.3, -0.25) is 9.59 Å². The molecule has 6 nitrogen and oxygen atoms in total. The van der Waals surface area contributed by atoms with E-state index < -0.39 is 0 Å². The number of aromatic amines is 1. The summed E-state index contributed by atoms with van der Waals surface area (Å²) in [7, 11) is 1.79. The average molecular weight is 453 g/mol. The second-order valence-electron chi connectivity index (χ2n) is 10.1. The van der Waals surface area contributed by atoms with E-state index >= 15 is 0 Å². The van der Waals surface area contributed by atoms with Gasteiger partial charge in [0.2, 0.25) is 5.56 Å². The number of pyridine rings is 1. The zero-order chi connectivity index (χ0) is 23.6. The lowest BCUT2D eigenvalue weighted by atomic mass is 9.58. The molecule has 2 aromatic carbocycles. The molecule has 6 heteroatoms. The first-order chi connectivity index (χ1) is 16.3. The molecule has 1 fully saturated rings. The highest BCUT2D eigenvalue weighted by Crippen LogP contribution is 2.49. The predicted octanol–water partition coefficient (Wildman–Crippen LogP) is 4.29. The number of nitrogens with zero attached hydrogens (tertiary/aromatic N) is 3. The number of imidazole rings is 1. The molecule has 0 saturated carbocycles. The topological polar surface area (TPSA) is 71.0 Å². The van der Waals surface area contributed by atoms with E-state index in [9.17, 15) is 9.59 Å². The Labute approximate surface area is 198 Å². The maximum Gasteiger partial charge on any atom is 0.254 e. The second-order valence-corrected chi connectivity index (χ2v) is 10.1. The Balaban J connectivity index is 1.35. The van der Waals surface area contributed by atoms with Crippen LogP contribution in [-0.2, 0) is 18.9 Å². The Hall–Kier alpha value is -3.67. The van der Waals surface area contributed by atoms with Gasteiger partial charge in [-0.2, -0.15) is 0 Å². The van der Waals surface area contributed by atoms with Crippen molar-refractivity contribution >= 4 is 16.9 Å². The van der Waals surface area contributed by atoms with Crippen LogP contribution >= 0.6 is 0 Å². The van der Waals surface area contributed by atoms with Gasteiger partial charge >= 0.3 is 0 Å². The SMILES string of the molecule is C[C@@H]1C2Cc3ccc(-c4ccc(=O)n(C)c4)cc3[C@]1(C)CCN2C(=O)c1ccc2nc[nH]c2c1. The van der Waals surface area contributed by atoms with Gasteiger partial charge in [-0.1, -0.05) is 32.0 Å². The zero-order valence-electron chi connectivity index (χ0n) is 19.7. The van der Waals surface area contributed by atoms with Crippen LogP contribution in [0.3, 0.4) is 0 Å². The number of likely N-dealkylation sites (tertiary alicyclic amines) is 1. The van der Waals surface area contributed by atoms with Crippen LogP contribution in [-0.4, -0.2) is 37.9 Å². The quantitative estimate of drug-likeness (QED) is 0.493. The summed E-state index contributed by atoms with van der Waals surface area (Å²) >= 11 is 0. The standard InChI is InChI=1S/C28H28N4O2/c1-17-25-14-19-5-4-18(21-7-9-26(33)31(3)15-21)12-22(19)28(17,2)10-11-32(25)27(34)20-6-8-23-24(13-20)30-16-29-23/h4-9,12-13,15-17,25H,10-11,14H2,1-3H3,(H,29,30)/t17-,25?,28-/m1/s1. The van der Waals surface area contributed by atoms with E-state index in [-0.39, 0.29) is 22.9 Å². The van der Waals surface area contributed by atoms with Crippen LogP contribution in [0.1, 0.15) is 41.8 Å². The maximum atomic E-state index is 13.6. The van der Waals surface area contributed by atoms with E-state index in [4.69, 9.17) is 0 Å². The molecule has 1 saturated heterocycles. The van der Waals surface area contributed by atoms with Crippen molar-refractivity contribution in [3.63, 3.8) is 0 Å². The summed E-state index contributed by atoms with van der Waals surface area (Å²) in [6, 6.07) is 16.1. The number of amides is 1. The molecular weight excluding hydrogens is 424 g/mol. The highest BCUT2D eigenvalue weighted by Gasteiger charge is 2.49. The second kappa shape index (κ2) is 7.42. The van der Waals surface area contributed by atoms with Gasteiger partial charge in [-0.25, -0.2) is 4.98 Å². The third-order valence-electron chi connectivity index (χ3n) is 8.36. The summed E-state index contributed by atoms with van der Waals surface area (Å²) in [5.74, 6) is 0.435. The van der Waals surface area contributed by atoms with Crippen molar-refractivity contribution in [1.82, 2.24) is 19.4 Å². The van der Waals surface area contributed by atoms with E-state index in [0.717, 1.165) is 41.5 Å². The van der Waals surface area contributed by atoms with Gasteiger partial charge < -0.3 is 14.5 Å². The third kappa shape index (κ3) is 3.05. The van der Waals surface area contributed by atoms with Gasteiger partial charge in [-0.15, -0.1) is 0 Å². The number of benzene rings is 2. The number of hydrogen-bond donors (Lipinski definition) is 1. The van der Waals surface area contributed by atoms with Crippen LogP contribution in [0, 0.1) is 5.92 Å². The number of aryl methyl sites for hydroxylation is 1. The zero-order valence-corrected chi connectivity index (χ0v) is 19.7. The molecule has 172 valence electrons. The Bertz CT molecular complexity index is 1500. The van der Waals surface area contributed by atoms with Crippen molar-refractivity contribution in [2.24, 2.45) is 13.0 Å². The Morgan fingerprint density at radius 3 is 2.76 bits per heavy atom. The Kier molecular flexibility index (Phi) is 4.56. The van der Waals surface area contributed by atoms with E-state index in [1.807, 2.05) is 30.5 Å². The summed E-state index contributed by atoms with van der Waals surface area (Å²) in [5.41, 5.74) is 7.35. The lowest BCUT2D eigenvalue weighted by molar-refractivity contribution is 0.0251. The number of piperidine rings is 1. The molecule has 6 rings (SSSR count). The largest absolute Gasteiger partial charge is 0.345 e. The lowest BCUT2D eigenvalue weighted by Gasteiger charge is -2.54. The fourth-order valence-electron chi connectivity index (χ4n) is 6.05. The molecule has 0 spiro atoms. The Morgan fingerprint density at radius 2 is 1.94 bits per heavy atom. The molecule has 2 bridgehead atoms. The molecule has 3 atom stereocenters. The fraction of sp³-hybridized carbons (Fsp3) is 0.321. The van der Waals surface area contributed by atoms with Gasteiger partial charge in [0, 0.05) is 37.5 Å². The minimum atomic E-state index is -0.00569. The summed E-state index contributed by atoms with van der Waals surface area (Å²) in [4.78, 5) is 34.9. The van der Waals surface area contributed by atoms with Gasteiger partial charge in [0.15, 0.2) is 0 Å². The summed E-state index contributed by atoms with van der Waals surface area (Å²) < 4.78 is 1.62. The summed E-state index contributed by atoms with van der Waals surface area (Å²) in [6.07, 6.45) is 5.35. The molecule has 2 aliphatic rings. The number of nitrogens with one attached hydrogen (secondary N) is 1. The van der Waals surface area contributed by atoms with Crippen molar-refractivity contribution in [2.45, 2.75) is 38.1 Å². The maximum absolute atomic E-state index is 13.6. The first kappa shape index (κ1) is 20.9. The van der Waals surface area contributed by atoms with Crippen molar-refractivity contribution in [3.8, 4) is 11.1 Å². The van der Waals surface area contributed by atoms with Crippen molar-refractivity contribution in [3.05, 3.63) is 88.1 Å². The van der Waals surface area contributed by atoms with Gasteiger partial charge in [0.25, 0.3) is 5.91 Å². The number of H-pyrrole nitrogens is 1. The molecule has 1 aliphatic carbocycles. The first-order valence-corrected chi connectivity index (χ1v) is 11.9. The van der Waals surface area contributed by atoms with Crippen LogP contribution in [0.15, 0.2) is 65.8 Å². The Morgan fingerprint density at radius 1 is 1.12 bits per heavy atom. The fourth-order valence-corrected chi connectivity index (χ4v) is 6.05. The molecule has 4 aromatic rings. The third-order valence-corrected chi connectivity index (χ3v) is 8.36. The van der Waals surface area contributed by atoms with Crippen LogP contribution in [0.2, 0.25) is 0 Å². The average Bonchev–Trinajstić information content (AvgIpc) is 3.31. The number of carbonyl (C=O) groups is 1. The number of fused-ring (bicyclic) bond motifs is 5. The highest BCUT2D eigenvalue weighted by molar-refractivity contribution is 5.97. The minimum Gasteiger partial charge on any atom is -0.345 e. The molecule has 1 N–H and O–H groups in total. The number of carbonyl (C=O) groups excluding carboxylic acids is 1. The molecule has 34 heavy (non-hydrogen) atoms. The minimum absolute atomic E-state index is 0.000960. The molecule has 1 amide bonds. The molecule has 1 aliphatic heterocycles. The summed E-state index contributed by atoms with van der Waals surface area (Å²) in [5, 5.41) is 0. The summed E-state index contributed by atoms with van der Waals surface area (Å²) in [6.45, 7) is 5.39. The molecule has 1 unspecified atom stereocenters. The monoisotopic (exact) mass is 452 g/mol. The first-order valence-electron chi connectivity index (χ1n) is 11.9. The lowest BCUT2D eigenvalue weighted by Crippen LogP contribution is -2.59. The van der Waals surface area contributed by atoms with Crippen molar-refractivity contribution in [2.75, 3.05) is 6.54 Å². The smallest absolute Gasteiger partial charge is 0.254 e. The molecule has 0 radical (unpaired) electrons. The normalized spacial score (nSPS) is 23.7. The van der Waals surface area contributed by atoms with Crippen LogP contribution < -0.4 is 5.56 Å². The number of rotatable bonds is 2. The highest BCUT2D eigenvalue weighted by atomic mass is 16.2. The number of aromatic nitrogens is 3. The number of hydrogen-bond acceptors (Lipinski definition) is 3. The van der Waals surface area contributed by atoms with Crippen molar-refractivity contribution < 1.29 is 4.79 Å². The van der Waals surface area contributed by atoms with Gasteiger partial charge in [0.05, 0.1) is 17.4 Å². The molecule has 2 aromatic heterocycles. The van der Waals surface area contributed by atoms with Crippen LogP contribution in [0.25, 0.3) is 22.2 Å². The van der Waals surface area contributed by atoms with E-state index in [2.05, 4.69) is 46.9 Å².